The van der Waals surface area contributed by atoms with Gasteiger partial charge in [0.1, 0.15) is 11.3 Å². The summed E-state index contributed by atoms with van der Waals surface area (Å²) >= 11 is 0. The first-order chi connectivity index (χ1) is 9.52. The van der Waals surface area contributed by atoms with Crippen LogP contribution >= 0.6 is 0 Å². The van der Waals surface area contributed by atoms with Crippen molar-refractivity contribution in [1.82, 2.24) is 10.2 Å². The molecule has 4 amide bonds. The van der Waals surface area contributed by atoms with Crippen LogP contribution in [-0.2, 0) is 9.59 Å². The number of carbonyl (C=O) groups is 3. The van der Waals surface area contributed by atoms with Crippen molar-refractivity contribution in [2.24, 2.45) is 0 Å². The van der Waals surface area contributed by atoms with Crippen LogP contribution in [0, 0.1) is 0 Å². The maximum Gasteiger partial charge on any atom is 0.331 e. The molecule has 1 aromatic rings. The quantitative estimate of drug-likeness (QED) is 0.489. The summed E-state index contributed by atoms with van der Waals surface area (Å²) in [6, 6.07) is 5.21. The van der Waals surface area contributed by atoms with E-state index in [1.54, 1.807) is 12.1 Å². The molecule has 1 saturated heterocycles. The average molecular weight is 272 g/mol. The standard InChI is InChI=1S/C14H12N2O4/c1-2-7-16-13(19)11(12(18)15-14(16)20)8-9-3-5-10(17)6-4-9/h2-6,8,17H,1,7H2,(H,15,18,20). The molecule has 0 saturated carbocycles. The highest BCUT2D eigenvalue weighted by molar-refractivity contribution is 6.31. The highest BCUT2D eigenvalue weighted by Gasteiger charge is 2.34. The highest BCUT2D eigenvalue weighted by Crippen LogP contribution is 2.16. The summed E-state index contributed by atoms with van der Waals surface area (Å²) < 4.78 is 0. The molecule has 0 spiro atoms. The normalized spacial score (nSPS) is 17.3. The number of rotatable bonds is 3. The third-order valence-corrected chi connectivity index (χ3v) is 2.70. The number of hydrogen-bond acceptors (Lipinski definition) is 4. The Morgan fingerprint density at radius 1 is 1.20 bits per heavy atom. The molecule has 2 rings (SSSR count). The van der Waals surface area contributed by atoms with Crippen LogP contribution in [0.3, 0.4) is 0 Å². The molecule has 1 aliphatic rings. The molecule has 1 aromatic carbocycles. The van der Waals surface area contributed by atoms with E-state index in [4.69, 9.17) is 0 Å². The summed E-state index contributed by atoms with van der Waals surface area (Å²) in [6.45, 7) is 3.47. The number of nitrogens with one attached hydrogen (secondary N) is 1. The van der Waals surface area contributed by atoms with Gasteiger partial charge in [-0.2, -0.15) is 0 Å². The zero-order chi connectivity index (χ0) is 14.7. The number of amides is 4. The molecule has 1 heterocycles. The van der Waals surface area contributed by atoms with Gasteiger partial charge >= 0.3 is 6.03 Å². The number of carbonyl (C=O) groups excluding carboxylic acids is 3. The molecule has 0 radical (unpaired) electrons. The summed E-state index contributed by atoms with van der Waals surface area (Å²) in [5.74, 6) is -1.34. The number of phenols is 1. The number of barbiturate groups is 1. The first-order valence-corrected chi connectivity index (χ1v) is 5.81. The van der Waals surface area contributed by atoms with Crippen LogP contribution in [0.4, 0.5) is 4.79 Å². The van der Waals surface area contributed by atoms with Crippen molar-refractivity contribution < 1.29 is 19.5 Å². The fourth-order valence-corrected chi connectivity index (χ4v) is 1.73. The van der Waals surface area contributed by atoms with Crippen LogP contribution in [0.25, 0.3) is 6.08 Å². The van der Waals surface area contributed by atoms with E-state index < -0.39 is 17.8 Å². The molecule has 20 heavy (non-hydrogen) atoms. The minimum absolute atomic E-state index is 0.0187. The molecule has 6 heteroatoms. The van der Waals surface area contributed by atoms with E-state index in [9.17, 15) is 19.5 Å². The van der Waals surface area contributed by atoms with Crippen molar-refractivity contribution in [3.63, 3.8) is 0 Å². The molecule has 0 bridgehead atoms. The van der Waals surface area contributed by atoms with Gasteiger partial charge in [0.05, 0.1) is 0 Å². The molecule has 102 valence electrons. The van der Waals surface area contributed by atoms with Gasteiger partial charge < -0.3 is 5.11 Å². The molecule has 6 nitrogen and oxygen atoms in total. The molecular formula is C14H12N2O4. The van der Waals surface area contributed by atoms with Crippen LogP contribution in [0.15, 0.2) is 42.5 Å². The van der Waals surface area contributed by atoms with Crippen molar-refractivity contribution in [2.75, 3.05) is 6.54 Å². The Morgan fingerprint density at radius 2 is 1.85 bits per heavy atom. The molecular weight excluding hydrogens is 260 g/mol. The van der Waals surface area contributed by atoms with Gasteiger partial charge in [0.25, 0.3) is 11.8 Å². The van der Waals surface area contributed by atoms with Gasteiger partial charge in [0, 0.05) is 6.54 Å². The zero-order valence-electron chi connectivity index (χ0n) is 10.5. The maximum atomic E-state index is 12.1. The lowest BCUT2D eigenvalue weighted by molar-refractivity contribution is -0.129. The lowest BCUT2D eigenvalue weighted by Gasteiger charge is -2.25. The first kappa shape index (κ1) is 13.5. The third kappa shape index (κ3) is 2.59. The maximum absolute atomic E-state index is 12.1. The van der Waals surface area contributed by atoms with Crippen LogP contribution in [0.2, 0.25) is 0 Å². The van der Waals surface area contributed by atoms with E-state index >= 15 is 0 Å². The minimum atomic E-state index is -0.761. The summed E-state index contributed by atoms with van der Waals surface area (Å²) in [7, 11) is 0. The van der Waals surface area contributed by atoms with Crippen molar-refractivity contribution >= 4 is 23.9 Å². The molecule has 0 unspecified atom stereocenters. The Labute approximate surface area is 115 Å². The van der Waals surface area contributed by atoms with Crippen molar-refractivity contribution in [2.45, 2.75) is 0 Å². The second-order valence-electron chi connectivity index (χ2n) is 4.11. The van der Waals surface area contributed by atoms with E-state index in [0.29, 0.717) is 5.56 Å². The summed E-state index contributed by atoms with van der Waals surface area (Å²) in [5, 5.41) is 11.3. The van der Waals surface area contributed by atoms with Crippen LogP contribution in [-0.4, -0.2) is 34.4 Å². The van der Waals surface area contributed by atoms with Gasteiger partial charge in [0.15, 0.2) is 0 Å². The van der Waals surface area contributed by atoms with Gasteiger partial charge in [-0.05, 0) is 23.8 Å². The lowest BCUT2D eigenvalue weighted by atomic mass is 10.1. The van der Waals surface area contributed by atoms with Crippen LogP contribution in [0.1, 0.15) is 5.56 Å². The van der Waals surface area contributed by atoms with Gasteiger partial charge in [0.2, 0.25) is 0 Å². The predicted octanol–water partition coefficient (Wildman–Crippen LogP) is 1.04. The Morgan fingerprint density at radius 3 is 2.45 bits per heavy atom. The van der Waals surface area contributed by atoms with E-state index in [-0.39, 0.29) is 17.9 Å². The number of imide groups is 2. The number of aromatic hydroxyl groups is 1. The van der Waals surface area contributed by atoms with Crippen LogP contribution < -0.4 is 5.32 Å². The Kier molecular flexibility index (Phi) is 3.65. The monoisotopic (exact) mass is 272 g/mol. The van der Waals surface area contributed by atoms with E-state index in [0.717, 1.165) is 4.90 Å². The summed E-state index contributed by atoms with van der Waals surface area (Å²) in [5.41, 5.74) is 0.423. The van der Waals surface area contributed by atoms with Gasteiger partial charge in [-0.25, -0.2) is 4.79 Å². The molecule has 0 aliphatic carbocycles. The van der Waals surface area contributed by atoms with E-state index in [1.807, 2.05) is 0 Å². The number of urea groups is 1. The van der Waals surface area contributed by atoms with Gasteiger partial charge in [-0.1, -0.05) is 18.2 Å². The zero-order valence-corrected chi connectivity index (χ0v) is 10.5. The van der Waals surface area contributed by atoms with Crippen molar-refractivity contribution in [3.8, 4) is 5.75 Å². The average Bonchev–Trinajstić information content (AvgIpc) is 2.41. The number of benzene rings is 1. The fraction of sp³-hybridized carbons (Fsp3) is 0.0714. The van der Waals surface area contributed by atoms with Crippen molar-refractivity contribution in [1.29, 1.82) is 0 Å². The smallest absolute Gasteiger partial charge is 0.331 e. The van der Waals surface area contributed by atoms with E-state index in [1.165, 1.54) is 24.3 Å². The number of nitrogens with zero attached hydrogens (tertiary/aromatic N) is 1. The molecule has 2 N–H and O–H groups in total. The number of phenolic OH excluding ortho intramolecular Hbond substituents is 1. The highest BCUT2D eigenvalue weighted by atomic mass is 16.3. The van der Waals surface area contributed by atoms with Crippen molar-refractivity contribution in [3.05, 3.63) is 48.1 Å². The van der Waals surface area contributed by atoms with Crippen LogP contribution in [0.5, 0.6) is 5.75 Å². The topological polar surface area (TPSA) is 86.7 Å². The molecule has 0 atom stereocenters. The fourth-order valence-electron chi connectivity index (χ4n) is 1.73. The predicted molar refractivity (Wildman–Crippen MR) is 71.5 cm³/mol. The first-order valence-electron chi connectivity index (χ1n) is 5.81. The van der Waals surface area contributed by atoms with E-state index in [2.05, 4.69) is 11.9 Å². The molecule has 1 fully saturated rings. The minimum Gasteiger partial charge on any atom is -0.508 e. The number of hydrogen-bond donors (Lipinski definition) is 2. The Balaban J connectivity index is 2.36. The molecule has 1 aliphatic heterocycles. The SMILES string of the molecule is C=CCN1C(=O)NC(=O)C(=Cc2ccc(O)cc2)C1=O. The largest absolute Gasteiger partial charge is 0.508 e. The second-order valence-corrected chi connectivity index (χ2v) is 4.11. The third-order valence-electron chi connectivity index (χ3n) is 2.70. The Bertz CT molecular complexity index is 617. The Hall–Kier alpha value is -2.89. The van der Waals surface area contributed by atoms with Gasteiger partial charge in [-0.15, -0.1) is 6.58 Å². The summed E-state index contributed by atoms with van der Waals surface area (Å²) in [6.07, 6.45) is 2.76. The molecule has 0 aromatic heterocycles. The summed E-state index contributed by atoms with van der Waals surface area (Å²) in [4.78, 5) is 36.2. The second kappa shape index (κ2) is 5.40. The lowest BCUT2D eigenvalue weighted by Crippen LogP contribution is -2.54. The van der Waals surface area contributed by atoms with Gasteiger partial charge in [-0.3, -0.25) is 19.8 Å².